The van der Waals surface area contributed by atoms with Crippen molar-refractivity contribution in [3.63, 3.8) is 0 Å². The highest BCUT2D eigenvalue weighted by Gasteiger charge is 2.11. The second-order valence-electron chi connectivity index (χ2n) is 4.11. The SMILES string of the molecule is CCOc1ccc(C(=O)NCCC(=O)OC)cc1OCC. The number of hydrogen-bond acceptors (Lipinski definition) is 5. The van der Waals surface area contributed by atoms with E-state index >= 15 is 0 Å². The Kier molecular flexibility index (Phi) is 7.08. The molecule has 6 heteroatoms. The third-order valence-corrected chi connectivity index (χ3v) is 2.65. The summed E-state index contributed by atoms with van der Waals surface area (Å²) in [4.78, 5) is 23.0. The summed E-state index contributed by atoms with van der Waals surface area (Å²) in [6.07, 6.45) is 0.136. The fourth-order valence-corrected chi connectivity index (χ4v) is 1.67. The number of carbonyl (C=O) groups excluding carboxylic acids is 2. The Morgan fingerprint density at radius 2 is 1.76 bits per heavy atom. The van der Waals surface area contributed by atoms with Gasteiger partial charge in [-0.2, -0.15) is 0 Å². The largest absolute Gasteiger partial charge is 0.490 e. The molecule has 0 aromatic heterocycles. The second kappa shape index (κ2) is 8.84. The summed E-state index contributed by atoms with van der Waals surface area (Å²) in [5.74, 6) is 0.491. The average molecular weight is 295 g/mol. The summed E-state index contributed by atoms with van der Waals surface area (Å²) in [5.41, 5.74) is 0.451. The lowest BCUT2D eigenvalue weighted by Gasteiger charge is -2.12. The maximum atomic E-state index is 12.0. The molecule has 1 aromatic rings. The van der Waals surface area contributed by atoms with Crippen LogP contribution in [0.5, 0.6) is 11.5 Å². The van der Waals surface area contributed by atoms with E-state index < -0.39 is 0 Å². The molecular formula is C15H21NO5. The standard InChI is InChI=1S/C15H21NO5/c1-4-20-12-7-6-11(10-13(12)21-5-2)15(18)16-9-8-14(17)19-3/h6-7,10H,4-5,8-9H2,1-3H3,(H,16,18). The molecule has 21 heavy (non-hydrogen) atoms. The summed E-state index contributed by atoms with van der Waals surface area (Å²) in [6, 6.07) is 4.98. The van der Waals surface area contributed by atoms with E-state index in [1.165, 1.54) is 7.11 Å². The van der Waals surface area contributed by atoms with Crippen molar-refractivity contribution in [3.8, 4) is 11.5 Å². The molecule has 0 aliphatic rings. The van der Waals surface area contributed by atoms with Crippen LogP contribution in [0.15, 0.2) is 18.2 Å². The molecule has 1 aromatic carbocycles. The molecule has 0 saturated heterocycles. The van der Waals surface area contributed by atoms with Gasteiger partial charge in [0, 0.05) is 12.1 Å². The van der Waals surface area contributed by atoms with E-state index in [0.29, 0.717) is 30.3 Å². The Morgan fingerprint density at radius 3 is 2.38 bits per heavy atom. The monoisotopic (exact) mass is 295 g/mol. The van der Waals surface area contributed by atoms with Crippen LogP contribution in [0, 0.1) is 0 Å². The number of amides is 1. The predicted molar refractivity (Wildman–Crippen MR) is 77.7 cm³/mol. The second-order valence-corrected chi connectivity index (χ2v) is 4.11. The van der Waals surface area contributed by atoms with Crippen molar-refractivity contribution < 1.29 is 23.8 Å². The van der Waals surface area contributed by atoms with Crippen LogP contribution in [-0.2, 0) is 9.53 Å². The van der Waals surface area contributed by atoms with Crippen molar-refractivity contribution in [2.45, 2.75) is 20.3 Å². The van der Waals surface area contributed by atoms with Crippen LogP contribution >= 0.6 is 0 Å². The predicted octanol–water partition coefficient (Wildman–Crippen LogP) is 1.78. The molecule has 0 unspecified atom stereocenters. The highest BCUT2D eigenvalue weighted by atomic mass is 16.5. The lowest BCUT2D eigenvalue weighted by Crippen LogP contribution is -2.26. The summed E-state index contributed by atoms with van der Waals surface area (Å²) in [5, 5.41) is 2.65. The number of carbonyl (C=O) groups is 2. The Balaban J connectivity index is 2.71. The molecule has 0 saturated carbocycles. The molecule has 0 aliphatic carbocycles. The summed E-state index contributed by atoms with van der Waals surface area (Å²) in [7, 11) is 1.31. The highest BCUT2D eigenvalue weighted by Crippen LogP contribution is 2.28. The zero-order valence-electron chi connectivity index (χ0n) is 12.6. The number of methoxy groups -OCH3 is 1. The van der Waals surface area contributed by atoms with Crippen molar-refractivity contribution in [2.75, 3.05) is 26.9 Å². The Labute approximate surface area is 124 Å². The van der Waals surface area contributed by atoms with Gasteiger partial charge in [0.05, 0.1) is 26.7 Å². The maximum absolute atomic E-state index is 12.0. The molecule has 0 heterocycles. The molecule has 1 N–H and O–H groups in total. The number of esters is 1. The van der Waals surface area contributed by atoms with Crippen LogP contribution in [0.2, 0.25) is 0 Å². The van der Waals surface area contributed by atoms with E-state index in [0.717, 1.165) is 0 Å². The number of ether oxygens (including phenoxy) is 3. The summed E-state index contributed by atoms with van der Waals surface area (Å²) >= 11 is 0. The first-order valence-corrected chi connectivity index (χ1v) is 6.87. The van der Waals surface area contributed by atoms with Gasteiger partial charge in [0.1, 0.15) is 0 Å². The van der Waals surface area contributed by atoms with Gasteiger partial charge in [-0.3, -0.25) is 9.59 Å². The zero-order valence-corrected chi connectivity index (χ0v) is 12.6. The Bertz CT molecular complexity index is 487. The van der Waals surface area contributed by atoms with Crippen LogP contribution < -0.4 is 14.8 Å². The molecule has 0 fully saturated rings. The van der Waals surface area contributed by atoms with Gasteiger partial charge in [0.2, 0.25) is 0 Å². The van der Waals surface area contributed by atoms with E-state index in [4.69, 9.17) is 9.47 Å². The van der Waals surface area contributed by atoms with Crippen molar-refractivity contribution in [3.05, 3.63) is 23.8 Å². The van der Waals surface area contributed by atoms with Crippen molar-refractivity contribution in [1.82, 2.24) is 5.32 Å². The van der Waals surface area contributed by atoms with Crippen molar-refractivity contribution in [1.29, 1.82) is 0 Å². The van der Waals surface area contributed by atoms with Gasteiger partial charge >= 0.3 is 5.97 Å². The summed E-state index contributed by atoms with van der Waals surface area (Å²) in [6.45, 7) is 4.96. The van der Waals surface area contributed by atoms with Crippen LogP contribution in [0.25, 0.3) is 0 Å². The van der Waals surface area contributed by atoms with Crippen LogP contribution in [0.3, 0.4) is 0 Å². The van der Waals surface area contributed by atoms with Gasteiger partial charge in [-0.15, -0.1) is 0 Å². The smallest absolute Gasteiger partial charge is 0.307 e. The molecule has 6 nitrogen and oxygen atoms in total. The van der Waals surface area contributed by atoms with Gasteiger partial charge in [0.15, 0.2) is 11.5 Å². The van der Waals surface area contributed by atoms with Crippen LogP contribution in [0.4, 0.5) is 0 Å². The number of benzene rings is 1. The first-order chi connectivity index (χ1) is 10.1. The van der Waals surface area contributed by atoms with E-state index in [9.17, 15) is 9.59 Å². The molecule has 0 spiro atoms. The molecule has 1 rings (SSSR count). The van der Waals surface area contributed by atoms with Crippen LogP contribution in [0.1, 0.15) is 30.6 Å². The maximum Gasteiger partial charge on any atom is 0.307 e. The van der Waals surface area contributed by atoms with Gasteiger partial charge in [-0.05, 0) is 32.0 Å². The quantitative estimate of drug-likeness (QED) is 0.740. The lowest BCUT2D eigenvalue weighted by molar-refractivity contribution is -0.140. The highest BCUT2D eigenvalue weighted by molar-refractivity contribution is 5.95. The van der Waals surface area contributed by atoms with Crippen molar-refractivity contribution in [2.24, 2.45) is 0 Å². The summed E-state index contributed by atoms with van der Waals surface area (Å²) < 4.78 is 15.4. The van der Waals surface area contributed by atoms with Gasteiger partial charge in [-0.25, -0.2) is 0 Å². The third-order valence-electron chi connectivity index (χ3n) is 2.65. The average Bonchev–Trinajstić information content (AvgIpc) is 2.49. The molecule has 1 amide bonds. The fraction of sp³-hybridized carbons (Fsp3) is 0.467. The molecule has 0 radical (unpaired) electrons. The Morgan fingerprint density at radius 1 is 1.10 bits per heavy atom. The normalized spacial score (nSPS) is 9.86. The van der Waals surface area contributed by atoms with E-state index in [-0.39, 0.29) is 24.8 Å². The number of rotatable bonds is 8. The molecule has 0 atom stereocenters. The van der Waals surface area contributed by atoms with E-state index in [2.05, 4.69) is 10.1 Å². The number of nitrogens with one attached hydrogen (secondary N) is 1. The van der Waals surface area contributed by atoms with Gasteiger partial charge in [-0.1, -0.05) is 0 Å². The first-order valence-electron chi connectivity index (χ1n) is 6.87. The third kappa shape index (κ3) is 5.33. The molecular weight excluding hydrogens is 274 g/mol. The lowest BCUT2D eigenvalue weighted by atomic mass is 10.2. The fourth-order valence-electron chi connectivity index (χ4n) is 1.67. The van der Waals surface area contributed by atoms with Gasteiger partial charge < -0.3 is 19.5 Å². The van der Waals surface area contributed by atoms with Gasteiger partial charge in [0.25, 0.3) is 5.91 Å². The van der Waals surface area contributed by atoms with E-state index in [1.54, 1.807) is 18.2 Å². The van der Waals surface area contributed by atoms with Crippen molar-refractivity contribution >= 4 is 11.9 Å². The molecule has 0 aliphatic heterocycles. The van der Waals surface area contributed by atoms with Crippen LogP contribution in [-0.4, -0.2) is 38.7 Å². The first kappa shape index (κ1) is 16.8. The Hall–Kier alpha value is -2.24. The zero-order chi connectivity index (χ0) is 15.7. The number of hydrogen-bond donors (Lipinski definition) is 1. The molecule has 116 valence electrons. The minimum absolute atomic E-state index is 0.136. The topological polar surface area (TPSA) is 73.9 Å². The van der Waals surface area contributed by atoms with E-state index in [1.807, 2.05) is 13.8 Å². The minimum Gasteiger partial charge on any atom is -0.490 e. The molecule has 0 bridgehead atoms. The minimum atomic E-state index is -0.364.